The van der Waals surface area contributed by atoms with Gasteiger partial charge in [0.05, 0.1) is 11.8 Å². The Morgan fingerprint density at radius 1 is 0.881 bits per heavy atom. The fourth-order valence-electron chi connectivity index (χ4n) is 5.01. The summed E-state index contributed by atoms with van der Waals surface area (Å²) in [6.45, 7) is 4.18. The molecule has 1 saturated heterocycles. The Bertz CT molecular complexity index is 1500. The minimum absolute atomic E-state index is 0.0125. The predicted octanol–water partition coefficient (Wildman–Crippen LogP) is 5.55. The van der Waals surface area contributed by atoms with Gasteiger partial charge in [-0.2, -0.15) is 0 Å². The molecule has 0 spiro atoms. The first-order valence-corrected chi connectivity index (χ1v) is 14.7. The largest absolute Gasteiger partial charge is 0.484 e. The molecule has 2 heterocycles. The third-order valence-corrected chi connectivity index (χ3v) is 8.11. The molecular weight excluding hydrogens is 550 g/mol. The Morgan fingerprint density at radius 3 is 2.33 bits per heavy atom. The van der Waals surface area contributed by atoms with E-state index in [4.69, 9.17) is 14.7 Å². The number of thiophene rings is 1. The highest BCUT2D eigenvalue weighted by Crippen LogP contribution is 2.32. The van der Waals surface area contributed by atoms with Crippen LogP contribution in [0.2, 0.25) is 0 Å². The van der Waals surface area contributed by atoms with Crippen molar-refractivity contribution in [3.63, 3.8) is 0 Å². The van der Waals surface area contributed by atoms with Gasteiger partial charge in [0.15, 0.2) is 6.61 Å². The maximum atomic E-state index is 13.0. The lowest BCUT2D eigenvalue weighted by Gasteiger charge is -2.39. The lowest BCUT2D eigenvalue weighted by molar-refractivity contribution is -0.142. The van der Waals surface area contributed by atoms with Gasteiger partial charge in [0.2, 0.25) is 6.61 Å². The molecule has 1 aliphatic heterocycles. The van der Waals surface area contributed by atoms with Gasteiger partial charge in [0.1, 0.15) is 5.75 Å². The van der Waals surface area contributed by atoms with E-state index in [1.165, 1.54) is 10.4 Å². The zero-order chi connectivity index (χ0) is 29.3. The van der Waals surface area contributed by atoms with Crippen molar-refractivity contribution in [2.45, 2.75) is 13.0 Å². The molecule has 5 rings (SSSR count). The number of nitrogens with zero attached hydrogens (tertiary/aromatic N) is 3. The second-order valence-corrected chi connectivity index (χ2v) is 11.0. The van der Waals surface area contributed by atoms with Crippen LogP contribution in [0.1, 0.15) is 29.0 Å². The number of amides is 1. The van der Waals surface area contributed by atoms with E-state index < -0.39 is 12.6 Å². The van der Waals surface area contributed by atoms with Gasteiger partial charge in [-0.1, -0.05) is 78.0 Å². The minimum Gasteiger partial charge on any atom is -0.484 e. The van der Waals surface area contributed by atoms with Crippen LogP contribution >= 0.6 is 11.3 Å². The van der Waals surface area contributed by atoms with Gasteiger partial charge in [-0.05, 0) is 52.8 Å². The normalized spacial score (nSPS) is 14.8. The molecule has 1 unspecified atom stereocenters. The molecule has 0 bridgehead atoms. The number of aliphatic carboxylic acids is 1. The molecular formula is C33H33N3O5S. The minimum atomic E-state index is -1.07. The lowest BCUT2D eigenvalue weighted by Crippen LogP contribution is -2.50. The first-order valence-electron chi connectivity index (χ1n) is 13.8. The number of benzene rings is 3. The monoisotopic (exact) mass is 583 g/mol. The summed E-state index contributed by atoms with van der Waals surface area (Å²) in [4.78, 5) is 34.1. The maximum absolute atomic E-state index is 13.0. The number of carbonyl (C=O) groups is 2. The van der Waals surface area contributed by atoms with Crippen molar-refractivity contribution in [3.05, 3.63) is 112 Å². The fraction of sp³-hybridized carbons (Fsp3) is 0.242. The summed E-state index contributed by atoms with van der Waals surface area (Å²) < 4.78 is 5.92. The van der Waals surface area contributed by atoms with Gasteiger partial charge >= 0.3 is 5.97 Å². The van der Waals surface area contributed by atoms with E-state index >= 15 is 0 Å². The van der Waals surface area contributed by atoms with Crippen molar-refractivity contribution >= 4 is 28.9 Å². The smallest absolute Gasteiger partial charge is 0.344 e. The summed E-state index contributed by atoms with van der Waals surface area (Å²) in [6, 6.07) is 30.4. The van der Waals surface area contributed by atoms with E-state index in [0.29, 0.717) is 24.6 Å². The lowest BCUT2D eigenvalue weighted by atomic mass is 10.0. The van der Waals surface area contributed by atoms with Crippen molar-refractivity contribution < 1.29 is 24.3 Å². The number of carbonyl (C=O) groups excluding carboxylic acids is 1. The summed E-state index contributed by atoms with van der Waals surface area (Å²) in [5.41, 5.74) is 4.61. The van der Waals surface area contributed by atoms with Crippen molar-refractivity contribution in [3.8, 4) is 16.9 Å². The summed E-state index contributed by atoms with van der Waals surface area (Å²) in [5.74, 6) is -0.461. The third kappa shape index (κ3) is 7.43. The molecule has 1 aliphatic rings. The van der Waals surface area contributed by atoms with E-state index in [1.54, 1.807) is 18.3 Å². The van der Waals surface area contributed by atoms with Gasteiger partial charge in [0, 0.05) is 31.1 Å². The van der Waals surface area contributed by atoms with Crippen LogP contribution in [0.3, 0.4) is 0 Å². The Labute approximate surface area is 249 Å². The molecule has 1 fully saturated rings. The highest BCUT2D eigenvalue weighted by molar-refractivity contribution is 7.10. The fourth-order valence-corrected chi connectivity index (χ4v) is 5.89. The molecule has 4 aromatic rings. The topological polar surface area (TPSA) is 91.7 Å². The van der Waals surface area contributed by atoms with Gasteiger partial charge in [-0.15, -0.1) is 11.3 Å². The average molecular weight is 584 g/mol. The number of piperazine rings is 1. The Kier molecular flexibility index (Phi) is 9.63. The molecule has 0 aliphatic carbocycles. The number of carboxylic acids is 1. The van der Waals surface area contributed by atoms with Gasteiger partial charge < -0.3 is 19.6 Å². The molecule has 0 radical (unpaired) electrons. The molecule has 216 valence electrons. The summed E-state index contributed by atoms with van der Waals surface area (Å²) in [5, 5.41) is 14.6. The van der Waals surface area contributed by atoms with Crippen LogP contribution in [0, 0.1) is 0 Å². The van der Waals surface area contributed by atoms with Crippen molar-refractivity contribution in [1.29, 1.82) is 0 Å². The number of hydrogen-bond acceptors (Lipinski definition) is 7. The van der Waals surface area contributed by atoms with E-state index in [2.05, 4.69) is 51.8 Å². The van der Waals surface area contributed by atoms with Crippen LogP contribution < -0.4 is 4.74 Å². The molecule has 1 N–H and O–H groups in total. The van der Waals surface area contributed by atoms with Crippen LogP contribution in [0.5, 0.6) is 5.75 Å². The standard InChI is InChI=1S/C33H33N3O5S/c1-24(34-41-23-32(38)39)25-12-14-26(15-13-25)28-9-5-10-29(21-28)40-22-31(37)35-16-18-36(19-17-35)33(30-11-6-20-42-30)27-7-3-2-4-8-27/h2-15,20-21,33H,16-19,22-23H2,1H3,(H,38,39). The first-order chi connectivity index (χ1) is 20.5. The van der Waals surface area contributed by atoms with Gasteiger partial charge in [0.25, 0.3) is 5.91 Å². The van der Waals surface area contributed by atoms with E-state index in [1.807, 2.05) is 59.5 Å². The number of hydrogen-bond donors (Lipinski definition) is 1. The molecule has 1 aromatic heterocycles. The van der Waals surface area contributed by atoms with Crippen LogP contribution in [-0.4, -0.2) is 71.9 Å². The molecule has 1 amide bonds. The van der Waals surface area contributed by atoms with E-state index in [0.717, 1.165) is 29.8 Å². The quantitative estimate of drug-likeness (QED) is 0.184. The SMILES string of the molecule is CC(=NOCC(=O)O)c1ccc(-c2cccc(OCC(=O)N3CCN(C(c4ccccc4)c4cccs4)CC3)c2)cc1. The third-order valence-electron chi connectivity index (χ3n) is 7.18. The van der Waals surface area contributed by atoms with Crippen molar-refractivity contribution in [2.24, 2.45) is 5.16 Å². The molecule has 42 heavy (non-hydrogen) atoms. The van der Waals surface area contributed by atoms with Crippen molar-refractivity contribution in [1.82, 2.24) is 9.80 Å². The van der Waals surface area contributed by atoms with Crippen LogP contribution in [0.15, 0.2) is 102 Å². The summed E-state index contributed by atoms with van der Waals surface area (Å²) in [6.07, 6.45) is 0. The summed E-state index contributed by atoms with van der Waals surface area (Å²) >= 11 is 1.77. The number of rotatable bonds is 11. The average Bonchev–Trinajstić information content (AvgIpc) is 3.55. The maximum Gasteiger partial charge on any atom is 0.344 e. The van der Waals surface area contributed by atoms with E-state index in [9.17, 15) is 9.59 Å². The van der Waals surface area contributed by atoms with Gasteiger partial charge in [-0.3, -0.25) is 9.69 Å². The number of carboxylic acid groups (broad SMARTS) is 1. The number of oxime groups is 1. The summed E-state index contributed by atoms with van der Waals surface area (Å²) in [7, 11) is 0. The van der Waals surface area contributed by atoms with Crippen LogP contribution in [0.4, 0.5) is 0 Å². The zero-order valence-electron chi connectivity index (χ0n) is 23.4. The Balaban J connectivity index is 1.15. The van der Waals surface area contributed by atoms with E-state index in [-0.39, 0.29) is 18.6 Å². The Morgan fingerprint density at radius 2 is 1.64 bits per heavy atom. The first kappa shape index (κ1) is 29.0. The van der Waals surface area contributed by atoms with Crippen molar-refractivity contribution in [2.75, 3.05) is 39.4 Å². The Hall–Kier alpha value is -4.47. The zero-order valence-corrected chi connectivity index (χ0v) is 24.2. The van der Waals surface area contributed by atoms with Gasteiger partial charge in [-0.25, -0.2) is 4.79 Å². The number of ether oxygens (including phenoxy) is 1. The van der Waals surface area contributed by atoms with Crippen LogP contribution in [-0.2, 0) is 14.4 Å². The molecule has 3 aromatic carbocycles. The van der Waals surface area contributed by atoms with Crippen LogP contribution in [0.25, 0.3) is 11.1 Å². The predicted molar refractivity (Wildman–Crippen MR) is 164 cm³/mol. The molecule has 0 saturated carbocycles. The second-order valence-electron chi connectivity index (χ2n) is 9.98. The highest BCUT2D eigenvalue weighted by Gasteiger charge is 2.28. The highest BCUT2D eigenvalue weighted by atomic mass is 32.1. The molecule has 1 atom stereocenters. The second kappa shape index (κ2) is 13.9. The molecule has 8 nitrogen and oxygen atoms in total. The molecule has 9 heteroatoms.